The number of rotatable bonds is 8. The SMILES string of the molecule is CCN1CCC[C@@H]1CN1C[C@@H](C(=O)N[C@@H](Cc2ccccc2)C(=O)O)CC1=O. The van der Waals surface area contributed by atoms with Crippen LogP contribution in [-0.4, -0.2) is 71.0 Å². The standard InChI is InChI=1S/C21H29N3O4/c1-2-23-10-6-9-17(23)14-24-13-16(12-19(24)25)20(26)22-18(21(27)28)11-15-7-4-3-5-8-15/h3-5,7-8,16-18H,2,6,9-14H2,1H3,(H,22,26)(H,27,28)/t16-,17+,18-/m0/s1. The number of carbonyl (C=O) groups excluding carboxylic acids is 2. The van der Waals surface area contributed by atoms with Crippen molar-refractivity contribution in [3.8, 4) is 0 Å². The van der Waals surface area contributed by atoms with E-state index in [0.29, 0.717) is 19.1 Å². The highest BCUT2D eigenvalue weighted by atomic mass is 16.4. The summed E-state index contributed by atoms with van der Waals surface area (Å²) >= 11 is 0. The third-order valence-corrected chi connectivity index (χ3v) is 5.82. The normalized spacial score (nSPS) is 23.8. The van der Waals surface area contributed by atoms with E-state index in [0.717, 1.165) is 31.5 Å². The average molecular weight is 387 g/mol. The molecule has 2 heterocycles. The van der Waals surface area contributed by atoms with E-state index >= 15 is 0 Å². The van der Waals surface area contributed by atoms with Crippen LogP contribution in [0.25, 0.3) is 0 Å². The molecular formula is C21H29N3O4. The van der Waals surface area contributed by atoms with Crippen molar-refractivity contribution < 1.29 is 19.5 Å². The zero-order valence-electron chi connectivity index (χ0n) is 16.3. The van der Waals surface area contributed by atoms with Crippen molar-refractivity contribution >= 4 is 17.8 Å². The monoisotopic (exact) mass is 387 g/mol. The van der Waals surface area contributed by atoms with Gasteiger partial charge in [-0.3, -0.25) is 14.5 Å². The number of likely N-dealkylation sites (N-methyl/N-ethyl adjacent to an activating group) is 1. The molecule has 152 valence electrons. The molecule has 7 nitrogen and oxygen atoms in total. The fourth-order valence-corrected chi connectivity index (χ4v) is 4.24. The van der Waals surface area contributed by atoms with Crippen molar-refractivity contribution in [2.45, 2.75) is 44.7 Å². The summed E-state index contributed by atoms with van der Waals surface area (Å²) in [6.07, 6.45) is 2.60. The van der Waals surface area contributed by atoms with Crippen molar-refractivity contribution in [2.75, 3.05) is 26.2 Å². The molecule has 1 aromatic rings. The third-order valence-electron chi connectivity index (χ3n) is 5.82. The van der Waals surface area contributed by atoms with Crippen LogP contribution in [0, 0.1) is 5.92 Å². The van der Waals surface area contributed by atoms with E-state index in [1.54, 1.807) is 4.90 Å². The molecule has 2 fully saturated rings. The highest BCUT2D eigenvalue weighted by Gasteiger charge is 2.38. The van der Waals surface area contributed by atoms with Gasteiger partial charge in [0.05, 0.1) is 5.92 Å². The van der Waals surface area contributed by atoms with E-state index in [-0.39, 0.29) is 24.7 Å². The number of nitrogens with one attached hydrogen (secondary N) is 1. The third kappa shape index (κ3) is 4.90. The van der Waals surface area contributed by atoms with Crippen LogP contribution >= 0.6 is 0 Å². The maximum absolute atomic E-state index is 12.6. The number of hydrogen-bond donors (Lipinski definition) is 2. The first-order chi connectivity index (χ1) is 13.5. The zero-order valence-corrected chi connectivity index (χ0v) is 16.3. The van der Waals surface area contributed by atoms with Gasteiger partial charge in [0.25, 0.3) is 0 Å². The van der Waals surface area contributed by atoms with Crippen LogP contribution < -0.4 is 5.32 Å². The Hall–Kier alpha value is -2.41. The topological polar surface area (TPSA) is 89.9 Å². The largest absolute Gasteiger partial charge is 0.480 e. The van der Waals surface area contributed by atoms with Crippen molar-refractivity contribution in [1.82, 2.24) is 15.1 Å². The van der Waals surface area contributed by atoms with Crippen LogP contribution in [0.4, 0.5) is 0 Å². The molecule has 7 heteroatoms. The number of nitrogens with zero attached hydrogens (tertiary/aromatic N) is 2. The minimum atomic E-state index is -1.07. The molecule has 0 radical (unpaired) electrons. The first-order valence-corrected chi connectivity index (χ1v) is 10.1. The molecule has 0 bridgehead atoms. The number of amides is 2. The molecule has 2 amide bonds. The molecule has 0 saturated carbocycles. The number of likely N-dealkylation sites (tertiary alicyclic amines) is 2. The summed E-state index contributed by atoms with van der Waals surface area (Å²) in [7, 11) is 0. The Labute approximate surface area is 165 Å². The number of carbonyl (C=O) groups is 3. The molecule has 0 unspecified atom stereocenters. The number of benzene rings is 1. The van der Waals surface area contributed by atoms with Crippen LogP contribution in [0.1, 0.15) is 31.7 Å². The summed E-state index contributed by atoms with van der Waals surface area (Å²) in [4.78, 5) is 40.8. The first-order valence-electron chi connectivity index (χ1n) is 10.1. The Bertz CT molecular complexity index is 709. The van der Waals surface area contributed by atoms with Gasteiger partial charge in [0, 0.05) is 32.0 Å². The Morgan fingerprint density at radius 2 is 2.04 bits per heavy atom. The van der Waals surface area contributed by atoms with E-state index in [1.165, 1.54) is 0 Å². The summed E-state index contributed by atoms with van der Waals surface area (Å²) in [6, 6.07) is 8.58. The van der Waals surface area contributed by atoms with Crippen molar-refractivity contribution in [3.63, 3.8) is 0 Å². The summed E-state index contributed by atoms with van der Waals surface area (Å²) < 4.78 is 0. The number of hydrogen-bond acceptors (Lipinski definition) is 4. The van der Waals surface area contributed by atoms with Gasteiger partial charge in [-0.2, -0.15) is 0 Å². The minimum Gasteiger partial charge on any atom is -0.480 e. The predicted octanol–water partition coefficient (Wildman–Crippen LogP) is 1.13. The quantitative estimate of drug-likeness (QED) is 0.698. The van der Waals surface area contributed by atoms with E-state index in [4.69, 9.17) is 0 Å². The molecule has 2 aliphatic heterocycles. The molecule has 0 spiro atoms. The lowest BCUT2D eigenvalue weighted by molar-refractivity contribution is -0.142. The van der Waals surface area contributed by atoms with E-state index in [1.807, 2.05) is 30.3 Å². The predicted molar refractivity (Wildman–Crippen MR) is 105 cm³/mol. The van der Waals surface area contributed by atoms with Gasteiger partial charge in [0.15, 0.2) is 0 Å². The molecule has 2 aliphatic rings. The Kier molecular flexibility index (Phi) is 6.67. The van der Waals surface area contributed by atoms with Crippen molar-refractivity contribution in [3.05, 3.63) is 35.9 Å². The number of carboxylic acid groups (broad SMARTS) is 1. The molecule has 28 heavy (non-hydrogen) atoms. The Morgan fingerprint density at radius 3 is 2.71 bits per heavy atom. The molecule has 1 aromatic carbocycles. The van der Waals surface area contributed by atoms with Gasteiger partial charge in [-0.1, -0.05) is 37.3 Å². The summed E-state index contributed by atoms with van der Waals surface area (Å²) in [6.45, 7) is 5.18. The minimum absolute atomic E-state index is 0.0157. The van der Waals surface area contributed by atoms with Gasteiger partial charge in [-0.15, -0.1) is 0 Å². The number of carboxylic acids is 1. The van der Waals surface area contributed by atoms with Crippen LogP contribution in [0.2, 0.25) is 0 Å². The van der Waals surface area contributed by atoms with Gasteiger partial charge >= 0.3 is 5.97 Å². The van der Waals surface area contributed by atoms with Crippen LogP contribution in [-0.2, 0) is 20.8 Å². The van der Waals surface area contributed by atoms with Crippen molar-refractivity contribution in [1.29, 1.82) is 0 Å². The second-order valence-corrected chi connectivity index (χ2v) is 7.71. The van der Waals surface area contributed by atoms with Gasteiger partial charge in [0.2, 0.25) is 11.8 Å². The second kappa shape index (κ2) is 9.19. The van der Waals surface area contributed by atoms with Gasteiger partial charge < -0.3 is 15.3 Å². The van der Waals surface area contributed by atoms with Crippen molar-refractivity contribution in [2.24, 2.45) is 5.92 Å². The highest BCUT2D eigenvalue weighted by molar-refractivity contribution is 5.91. The maximum atomic E-state index is 12.6. The van der Waals surface area contributed by atoms with Gasteiger partial charge in [0.1, 0.15) is 6.04 Å². The fourth-order valence-electron chi connectivity index (χ4n) is 4.24. The lowest BCUT2D eigenvalue weighted by Gasteiger charge is -2.27. The van der Waals surface area contributed by atoms with E-state index in [2.05, 4.69) is 17.1 Å². The molecule has 0 aliphatic carbocycles. The lowest BCUT2D eigenvalue weighted by atomic mass is 10.0. The molecule has 2 N–H and O–H groups in total. The van der Waals surface area contributed by atoms with E-state index < -0.39 is 17.9 Å². The number of aliphatic carboxylic acids is 1. The zero-order chi connectivity index (χ0) is 20.1. The Morgan fingerprint density at radius 1 is 1.29 bits per heavy atom. The molecule has 0 aromatic heterocycles. The molecule has 3 rings (SSSR count). The maximum Gasteiger partial charge on any atom is 0.326 e. The Balaban J connectivity index is 1.56. The van der Waals surface area contributed by atoms with Gasteiger partial charge in [-0.25, -0.2) is 4.79 Å². The second-order valence-electron chi connectivity index (χ2n) is 7.71. The fraction of sp³-hybridized carbons (Fsp3) is 0.571. The van der Waals surface area contributed by atoms with Crippen LogP contribution in [0.15, 0.2) is 30.3 Å². The average Bonchev–Trinajstić information content (AvgIpc) is 3.28. The van der Waals surface area contributed by atoms with Crippen LogP contribution in [0.3, 0.4) is 0 Å². The smallest absolute Gasteiger partial charge is 0.326 e. The summed E-state index contributed by atoms with van der Waals surface area (Å²) in [5.41, 5.74) is 0.847. The van der Waals surface area contributed by atoms with Gasteiger partial charge in [-0.05, 0) is 31.5 Å². The molecule has 3 atom stereocenters. The lowest BCUT2D eigenvalue weighted by Crippen LogP contribution is -2.46. The highest BCUT2D eigenvalue weighted by Crippen LogP contribution is 2.23. The molecule has 2 saturated heterocycles. The van der Waals surface area contributed by atoms with E-state index in [9.17, 15) is 19.5 Å². The van der Waals surface area contributed by atoms with Crippen LogP contribution in [0.5, 0.6) is 0 Å². The molecular weight excluding hydrogens is 358 g/mol. The summed E-state index contributed by atoms with van der Waals surface area (Å²) in [5.74, 6) is -1.92. The first kappa shape index (κ1) is 20.3. The summed E-state index contributed by atoms with van der Waals surface area (Å²) in [5, 5.41) is 12.1.